The number of thiophene rings is 1. The fourth-order valence-corrected chi connectivity index (χ4v) is 5.89. The number of rotatable bonds is 6. The summed E-state index contributed by atoms with van der Waals surface area (Å²) in [5.74, 6) is 1.19. The predicted molar refractivity (Wildman–Crippen MR) is 93.5 cm³/mol. The average Bonchev–Trinajstić information content (AvgIpc) is 3.21. The van der Waals surface area contributed by atoms with E-state index in [-0.39, 0.29) is 5.92 Å². The molecule has 1 atom stereocenters. The van der Waals surface area contributed by atoms with Gasteiger partial charge in [-0.15, -0.1) is 11.3 Å². The fourth-order valence-electron chi connectivity index (χ4n) is 3.19. The first-order valence-electron chi connectivity index (χ1n) is 8.06. The molecule has 132 valence electrons. The van der Waals surface area contributed by atoms with Gasteiger partial charge in [0.05, 0.1) is 0 Å². The molecule has 24 heavy (non-hydrogen) atoms. The Hall–Kier alpha value is -1.22. The normalized spacial score (nSPS) is 19.7. The minimum absolute atomic E-state index is 0.289. The molecule has 0 spiro atoms. The van der Waals surface area contributed by atoms with E-state index in [1.165, 1.54) is 11.3 Å². The number of aryl methyl sites for hydroxylation is 1. The summed E-state index contributed by atoms with van der Waals surface area (Å²) >= 11 is 1.28. The number of aromatic nitrogens is 2. The highest BCUT2D eigenvalue weighted by Gasteiger charge is 2.31. The molecule has 0 saturated carbocycles. The molecule has 2 aromatic heterocycles. The molecule has 3 heterocycles. The molecule has 0 bridgehead atoms. The number of nitrogens with zero attached hydrogens (tertiary/aromatic N) is 3. The Morgan fingerprint density at radius 3 is 3.00 bits per heavy atom. The van der Waals surface area contributed by atoms with E-state index in [9.17, 15) is 8.42 Å². The fraction of sp³-hybridized carbons (Fsp3) is 0.562. The molecule has 1 saturated heterocycles. The Morgan fingerprint density at radius 1 is 1.46 bits per heavy atom. The van der Waals surface area contributed by atoms with Crippen molar-refractivity contribution >= 4 is 21.4 Å². The molecule has 2 aromatic rings. The van der Waals surface area contributed by atoms with Crippen LogP contribution >= 0.6 is 11.3 Å². The van der Waals surface area contributed by atoms with Crippen LogP contribution in [0, 0.1) is 12.8 Å². The third-order valence-corrected chi connectivity index (χ3v) is 7.66. The minimum atomic E-state index is -3.36. The van der Waals surface area contributed by atoms with Crippen LogP contribution in [0.3, 0.4) is 0 Å². The molecule has 0 aliphatic carbocycles. The van der Waals surface area contributed by atoms with Crippen molar-refractivity contribution in [3.8, 4) is 0 Å². The Morgan fingerprint density at radius 2 is 2.29 bits per heavy atom. The lowest BCUT2D eigenvalue weighted by atomic mass is 9.99. The first kappa shape index (κ1) is 17.6. The van der Waals surface area contributed by atoms with Crippen molar-refractivity contribution in [2.45, 2.75) is 37.1 Å². The summed E-state index contributed by atoms with van der Waals surface area (Å²) in [5.41, 5.74) is 1.08. The van der Waals surface area contributed by atoms with Crippen molar-refractivity contribution < 1.29 is 13.2 Å². The highest BCUT2D eigenvalue weighted by atomic mass is 32.2. The van der Waals surface area contributed by atoms with E-state index in [1.807, 2.05) is 13.1 Å². The molecule has 3 rings (SSSR count). The van der Waals surface area contributed by atoms with Crippen LogP contribution in [-0.2, 0) is 27.9 Å². The summed E-state index contributed by atoms with van der Waals surface area (Å²) in [4.78, 5) is 4.39. The molecule has 0 aromatic carbocycles. The van der Waals surface area contributed by atoms with Gasteiger partial charge < -0.3 is 9.30 Å². The van der Waals surface area contributed by atoms with Gasteiger partial charge in [-0.3, -0.25) is 0 Å². The summed E-state index contributed by atoms with van der Waals surface area (Å²) < 4.78 is 34.9. The summed E-state index contributed by atoms with van der Waals surface area (Å²) in [5, 5.41) is 1.81. The second-order valence-electron chi connectivity index (χ2n) is 6.16. The zero-order valence-corrected chi connectivity index (χ0v) is 15.6. The minimum Gasteiger partial charge on any atom is -0.377 e. The summed E-state index contributed by atoms with van der Waals surface area (Å²) in [6, 6.07) is 3.46. The van der Waals surface area contributed by atoms with Crippen molar-refractivity contribution in [1.82, 2.24) is 13.9 Å². The third kappa shape index (κ3) is 3.56. The SMILES string of the molecule is COCc1ncc(C)n1CC1CCCN(S(=O)(=O)c2cccs2)C1. The average molecular weight is 370 g/mol. The topological polar surface area (TPSA) is 64.4 Å². The van der Waals surface area contributed by atoms with Gasteiger partial charge in [0, 0.05) is 38.6 Å². The van der Waals surface area contributed by atoms with Crippen molar-refractivity contribution in [2.75, 3.05) is 20.2 Å². The molecule has 1 aliphatic heterocycles. The summed E-state index contributed by atoms with van der Waals surface area (Å²) in [6.45, 7) is 4.43. The number of sulfonamides is 1. The molecule has 1 fully saturated rings. The van der Waals surface area contributed by atoms with E-state index >= 15 is 0 Å². The lowest BCUT2D eigenvalue weighted by molar-refractivity contribution is 0.169. The van der Waals surface area contributed by atoms with Crippen LogP contribution in [0.5, 0.6) is 0 Å². The van der Waals surface area contributed by atoms with Crippen molar-refractivity contribution in [3.05, 3.63) is 35.2 Å². The molecule has 0 radical (unpaired) electrons. The third-order valence-electron chi connectivity index (χ3n) is 4.42. The first-order valence-corrected chi connectivity index (χ1v) is 10.4. The second-order valence-corrected chi connectivity index (χ2v) is 9.28. The van der Waals surface area contributed by atoms with Gasteiger partial charge in [-0.05, 0) is 37.1 Å². The number of methoxy groups -OCH3 is 1. The molecule has 1 unspecified atom stereocenters. The maximum Gasteiger partial charge on any atom is 0.252 e. The van der Waals surface area contributed by atoms with Gasteiger partial charge in [-0.25, -0.2) is 13.4 Å². The Kier molecular flexibility index (Phi) is 5.39. The Bertz CT molecular complexity index is 769. The van der Waals surface area contributed by atoms with Crippen molar-refractivity contribution in [2.24, 2.45) is 5.92 Å². The first-order chi connectivity index (χ1) is 11.5. The molecule has 8 heteroatoms. The standard InChI is InChI=1S/C16H23N3O3S2/c1-13-9-17-15(12-22-2)19(13)11-14-5-3-7-18(10-14)24(20,21)16-6-4-8-23-16/h4,6,8-9,14H,3,5,7,10-12H2,1-2H3. The van der Waals surface area contributed by atoms with Crippen LogP contribution in [0.25, 0.3) is 0 Å². The van der Waals surface area contributed by atoms with Crippen molar-refractivity contribution in [3.63, 3.8) is 0 Å². The highest BCUT2D eigenvalue weighted by molar-refractivity contribution is 7.91. The summed E-state index contributed by atoms with van der Waals surface area (Å²) in [6.07, 6.45) is 3.76. The van der Waals surface area contributed by atoms with E-state index in [1.54, 1.807) is 28.9 Å². The molecule has 0 N–H and O–H groups in total. The molecular formula is C16H23N3O3S2. The van der Waals surface area contributed by atoms with E-state index in [0.29, 0.717) is 23.9 Å². The second kappa shape index (κ2) is 7.35. The smallest absolute Gasteiger partial charge is 0.252 e. The van der Waals surface area contributed by atoms with Crippen LogP contribution in [-0.4, -0.2) is 42.5 Å². The van der Waals surface area contributed by atoms with E-state index in [0.717, 1.165) is 30.9 Å². The molecule has 1 aliphatic rings. The van der Waals surface area contributed by atoms with Gasteiger partial charge in [0.15, 0.2) is 0 Å². The van der Waals surface area contributed by atoms with Gasteiger partial charge in [0.1, 0.15) is 16.6 Å². The van der Waals surface area contributed by atoms with Gasteiger partial charge in [-0.1, -0.05) is 6.07 Å². The van der Waals surface area contributed by atoms with Crippen LogP contribution < -0.4 is 0 Å². The van der Waals surface area contributed by atoms with Crippen LogP contribution in [0.2, 0.25) is 0 Å². The van der Waals surface area contributed by atoms with Crippen LogP contribution in [0.4, 0.5) is 0 Å². The quantitative estimate of drug-likeness (QED) is 0.785. The van der Waals surface area contributed by atoms with Gasteiger partial charge >= 0.3 is 0 Å². The highest BCUT2D eigenvalue weighted by Crippen LogP contribution is 2.27. The lowest BCUT2D eigenvalue weighted by Crippen LogP contribution is -2.41. The zero-order valence-electron chi connectivity index (χ0n) is 14.0. The van der Waals surface area contributed by atoms with Gasteiger partial charge in [0.25, 0.3) is 10.0 Å². The summed E-state index contributed by atoms with van der Waals surface area (Å²) in [7, 11) is -1.70. The van der Waals surface area contributed by atoms with Crippen LogP contribution in [0.1, 0.15) is 24.4 Å². The number of hydrogen-bond donors (Lipinski definition) is 0. The lowest BCUT2D eigenvalue weighted by Gasteiger charge is -2.32. The maximum absolute atomic E-state index is 12.7. The molecular weight excluding hydrogens is 346 g/mol. The zero-order chi connectivity index (χ0) is 17.2. The Labute approximate surface area is 147 Å². The van der Waals surface area contributed by atoms with Gasteiger partial charge in [-0.2, -0.15) is 4.31 Å². The van der Waals surface area contributed by atoms with Gasteiger partial charge in [0.2, 0.25) is 0 Å². The van der Waals surface area contributed by atoms with Crippen molar-refractivity contribution in [1.29, 1.82) is 0 Å². The monoisotopic (exact) mass is 369 g/mol. The van der Waals surface area contributed by atoms with E-state index in [2.05, 4.69) is 9.55 Å². The largest absolute Gasteiger partial charge is 0.377 e. The number of hydrogen-bond acceptors (Lipinski definition) is 5. The molecule has 6 nitrogen and oxygen atoms in total. The Balaban J connectivity index is 1.74. The van der Waals surface area contributed by atoms with E-state index < -0.39 is 10.0 Å². The van der Waals surface area contributed by atoms with Crippen LogP contribution in [0.15, 0.2) is 27.9 Å². The number of piperidine rings is 1. The predicted octanol–water partition coefficient (Wildman–Crippen LogP) is 2.50. The number of ether oxygens (including phenoxy) is 1. The number of imidazole rings is 1. The van der Waals surface area contributed by atoms with E-state index in [4.69, 9.17) is 4.74 Å². The molecule has 0 amide bonds. The maximum atomic E-state index is 12.7.